The summed E-state index contributed by atoms with van der Waals surface area (Å²) >= 11 is 0. The molecular formula is C29H35F6N5O4. The topological polar surface area (TPSA) is 85.0 Å². The van der Waals surface area contributed by atoms with Crippen molar-refractivity contribution in [2.45, 2.75) is 57.1 Å². The fourth-order valence-corrected chi connectivity index (χ4v) is 5.03. The number of hydrogen-bond acceptors (Lipinski definition) is 8. The Morgan fingerprint density at radius 3 is 2.18 bits per heavy atom. The average Bonchev–Trinajstić information content (AvgIpc) is 3.41. The van der Waals surface area contributed by atoms with Crippen LogP contribution >= 0.6 is 0 Å². The number of likely N-dealkylation sites (N-methyl/N-ethyl adjacent to an activating group) is 1. The molecule has 1 aliphatic rings. The van der Waals surface area contributed by atoms with E-state index in [1.165, 1.54) is 6.92 Å². The molecule has 1 aromatic heterocycles. The highest BCUT2D eigenvalue weighted by Gasteiger charge is 2.39. The third-order valence-electron chi connectivity index (χ3n) is 7.33. The molecule has 9 nitrogen and oxygen atoms in total. The largest absolute Gasteiger partial charge is 0.416 e. The van der Waals surface area contributed by atoms with Crippen molar-refractivity contribution in [1.29, 1.82) is 0 Å². The number of ether oxygens (including phenoxy) is 4. The lowest BCUT2D eigenvalue weighted by molar-refractivity contribution is -0.231. The van der Waals surface area contributed by atoms with Crippen LogP contribution in [0.1, 0.15) is 52.7 Å². The minimum atomic E-state index is -4.97. The maximum Gasteiger partial charge on any atom is 0.416 e. The van der Waals surface area contributed by atoms with Gasteiger partial charge in [-0.1, -0.05) is 30.3 Å². The summed E-state index contributed by atoms with van der Waals surface area (Å²) in [6.07, 6.45) is -12.6. The number of aromatic nitrogens is 3. The number of benzene rings is 2. The van der Waals surface area contributed by atoms with Crippen LogP contribution in [0.2, 0.25) is 0 Å². The van der Waals surface area contributed by atoms with Gasteiger partial charge in [0, 0.05) is 40.4 Å². The predicted molar refractivity (Wildman–Crippen MR) is 146 cm³/mol. The second-order valence-corrected chi connectivity index (χ2v) is 10.5. The number of alkyl halides is 6. The number of hydrogen-bond donors (Lipinski definition) is 1. The van der Waals surface area contributed by atoms with E-state index >= 15 is 0 Å². The molecule has 0 amide bonds. The first-order valence-corrected chi connectivity index (χ1v) is 13.8. The van der Waals surface area contributed by atoms with Crippen LogP contribution in [0.15, 0.2) is 48.5 Å². The smallest absolute Gasteiger partial charge is 0.355 e. The minimum absolute atomic E-state index is 0.0967. The molecule has 3 aromatic rings. The van der Waals surface area contributed by atoms with Crippen LogP contribution in [0, 0.1) is 0 Å². The molecule has 0 saturated carbocycles. The average molecular weight is 632 g/mol. The number of rotatable bonds is 12. The summed E-state index contributed by atoms with van der Waals surface area (Å²) in [7, 11) is 4.98. The van der Waals surface area contributed by atoms with Gasteiger partial charge in [0.25, 0.3) is 0 Å². The van der Waals surface area contributed by atoms with Gasteiger partial charge in [-0.2, -0.15) is 41.8 Å². The quantitative estimate of drug-likeness (QED) is 0.205. The Morgan fingerprint density at radius 2 is 1.59 bits per heavy atom. The Kier molecular flexibility index (Phi) is 11.0. The highest BCUT2D eigenvalue weighted by molar-refractivity contribution is 5.35. The Morgan fingerprint density at radius 1 is 0.977 bits per heavy atom. The molecule has 44 heavy (non-hydrogen) atoms. The molecule has 2 heterocycles. The molecule has 2 aromatic carbocycles. The fourth-order valence-electron chi connectivity index (χ4n) is 5.03. The second-order valence-electron chi connectivity index (χ2n) is 10.5. The Balaban J connectivity index is 1.59. The first-order chi connectivity index (χ1) is 20.8. The van der Waals surface area contributed by atoms with E-state index in [1.54, 1.807) is 14.2 Å². The molecule has 1 N–H and O–H groups in total. The van der Waals surface area contributed by atoms with Gasteiger partial charge in [0.1, 0.15) is 11.4 Å². The van der Waals surface area contributed by atoms with Gasteiger partial charge in [0.2, 0.25) is 0 Å². The van der Waals surface area contributed by atoms with Gasteiger partial charge < -0.3 is 18.9 Å². The van der Waals surface area contributed by atoms with Crippen LogP contribution in [0.3, 0.4) is 0 Å². The van der Waals surface area contributed by atoms with E-state index in [0.29, 0.717) is 49.7 Å². The molecule has 3 atom stereocenters. The number of methoxy groups -OCH3 is 2. The van der Waals surface area contributed by atoms with E-state index in [9.17, 15) is 26.3 Å². The van der Waals surface area contributed by atoms with Gasteiger partial charge in [0.15, 0.2) is 12.6 Å². The molecular weight excluding hydrogens is 596 g/mol. The van der Waals surface area contributed by atoms with Crippen molar-refractivity contribution >= 4 is 0 Å². The van der Waals surface area contributed by atoms with Crippen molar-refractivity contribution in [2.75, 3.05) is 41.0 Å². The molecule has 0 spiro atoms. The summed E-state index contributed by atoms with van der Waals surface area (Å²) in [5.41, 5.74) is -0.956. The number of H-pyrrole nitrogens is 1. The second kappa shape index (κ2) is 14.3. The monoisotopic (exact) mass is 631 g/mol. The van der Waals surface area contributed by atoms with Gasteiger partial charge >= 0.3 is 12.4 Å². The van der Waals surface area contributed by atoms with Crippen molar-refractivity contribution in [2.24, 2.45) is 0 Å². The number of morpholine rings is 1. The van der Waals surface area contributed by atoms with Gasteiger partial charge in [-0.25, -0.2) is 0 Å². The van der Waals surface area contributed by atoms with Crippen molar-refractivity contribution < 1.29 is 45.3 Å². The molecule has 0 bridgehead atoms. The lowest BCUT2D eigenvalue weighted by Gasteiger charge is -2.42. The molecule has 1 aliphatic heterocycles. The highest BCUT2D eigenvalue weighted by atomic mass is 19.4. The third-order valence-corrected chi connectivity index (χ3v) is 7.33. The summed E-state index contributed by atoms with van der Waals surface area (Å²) in [5, 5.41) is 11.3. The maximum atomic E-state index is 13.5. The zero-order chi connectivity index (χ0) is 32.1. The van der Waals surface area contributed by atoms with Crippen molar-refractivity contribution in [1.82, 2.24) is 25.2 Å². The minimum Gasteiger partial charge on any atom is -0.355 e. The standard InChI is InChI=1S/C29H35F6N5O4/c1-18(20-12-21(28(30,31)32)14-22(13-20)29(33,34)35)44-27-26(19-8-6-5-7-9-19)40(10-11-43-27)16-24-23(36-38-37-24)15-39(2)17-25(41-3)42-4/h5-9,12-14,18,25-27H,10-11,15-17H2,1-4H3,(H,36,37,38)/t18-,26+,27-/m1/s1. The van der Waals surface area contributed by atoms with Gasteiger partial charge in [0.05, 0.1) is 29.9 Å². The van der Waals surface area contributed by atoms with E-state index in [-0.39, 0.29) is 18.2 Å². The lowest BCUT2D eigenvalue weighted by Crippen LogP contribution is -2.46. The Bertz CT molecular complexity index is 1300. The van der Waals surface area contributed by atoms with Gasteiger partial charge in [-0.05, 0) is 43.3 Å². The first kappa shape index (κ1) is 33.8. The Labute approximate surface area is 251 Å². The number of nitrogens with zero attached hydrogens (tertiary/aromatic N) is 4. The summed E-state index contributed by atoms with van der Waals surface area (Å²) in [6.45, 7) is 3.28. The van der Waals surface area contributed by atoms with Crippen molar-refractivity contribution in [3.8, 4) is 0 Å². The zero-order valence-corrected chi connectivity index (χ0v) is 24.7. The van der Waals surface area contributed by atoms with E-state index < -0.39 is 48.2 Å². The van der Waals surface area contributed by atoms with Crippen molar-refractivity contribution in [3.05, 3.63) is 82.2 Å². The number of halogens is 6. The van der Waals surface area contributed by atoms with E-state index in [4.69, 9.17) is 18.9 Å². The van der Waals surface area contributed by atoms with Crippen LogP contribution in [0.4, 0.5) is 26.3 Å². The van der Waals surface area contributed by atoms with Crippen LogP contribution < -0.4 is 0 Å². The number of aromatic amines is 1. The SMILES string of the molecule is COC(CN(C)Cc1n[nH]nc1CN1CCO[C@H](O[C@H](C)c2cc(C(F)(F)F)cc(C(F)(F)F)c2)[C@@H]1c1ccccc1)OC. The first-order valence-electron chi connectivity index (χ1n) is 13.8. The molecule has 242 valence electrons. The molecule has 0 radical (unpaired) electrons. The fraction of sp³-hybridized carbons (Fsp3) is 0.517. The summed E-state index contributed by atoms with van der Waals surface area (Å²) in [6, 6.07) is 10.1. The van der Waals surface area contributed by atoms with Crippen LogP contribution in [0.25, 0.3) is 0 Å². The predicted octanol–water partition coefficient (Wildman–Crippen LogP) is 5.57. The molecule has 4 rings (SSSR count). The van der Waals surface area contributed by atoms with Crippen molar-refractivity contribution in [3.63, 3.8) is 0 Å². The molecule has 1 fully saturated rings. The Hall–Kier alpha value is -3.08. The van der Waals surface area contributed by atoms with E-state index in [1.807, 2.05) is 47.2 Å². The summed E-state index contributed by atoms with van der Waals surface area (Å²) in [4.78, 5) is 4.00. The van der Waals surface area contributed by atoms with Crippen LogP contribution in [-0.4, -0.2) is 78.8 Å². The van der Waals surface area contributed by atoms with Gasteiger partial charge in [-0.15, -0.1) is 0 Å². The normalized spacial score (nSPS) is 19.2. The zero-order valence-electron chi connectivity index (χ0n) is 24.7. The van der Waals surface area contributed by atoms with E-state index in [0.717, 1.165) is 5.56 Å². The molecule has 0 unspecified atom stereocenters. The summed E-state index contributed by atoms with van der Waals surface area (Å²) in [5.74, 6) is 0. The number of nitrogens with one attached hydrogen (secondary N) is 1. The van der Waals surface area contributed by atoms with Gasteiger partial charge in [-0.3, -0.25) is 9.80 Å². The maximum absolute atomic E-state index is 13.5. The third kappa shape index (κ3) is 8.55. The molecule has 15 heteroatoms. The molecule has 1 saturated heterocycles. The molecule has 0 aliphatic carbocycles. The lowest BCUT2D eigenvalue weighted by atomic mass is 10.0. The highest BCUT2D eigenvalue weighted by Crippen LogP contribution is 2.40. The van der Waals surface area contributed by atoms with E-state index in [2.05, 4.69) is 15.4 Å². The van der Waals surface area contributed by atoms with Crippen LogP contribution in [0.5, 0.6) is 0 Å². The summed E-state index contributed by atoms with van der Waals surface area (Å²) < 4.78 is 104. The van der Waals surface area contributed by atoms with Crippen LogP contribution in [-0.2, 0) is 44.4 Å².